The van der Waals surface area contributed by atoms with Gasteiger partial charge in [0.2, 0.25) is 0 Å². The van der Waals surface area contributed by atoms with E-state index in [4.69, 9.17) is 0 Å². The fourth-order valence-electron chi connectivity index (χ4n) is 3.35. The summed E-state index contributed by atoms with van der Waals surface area (Å²) in [5.41, 5.74) is 2.41. The van der Waals surface area contributed by atoms with Crippen LogP contribution in [0.4, 0.5) is 5.69 Å². The summed E-state index contributed by atoms with van der Waals surface area (Å²) in [6, 6.07) is 8.87. The van der Waals surface area contributed by atoms with Crippen molar-refractivity contribution in [3.8, 4) is 0 Å². The van der Waals surface area contributed by atoms with Gasteiger partial charge in [0, 0.05) is 41.9 Å². The molecule has 2 unspecified atom stereocenters. The Morgan fingerprint density at radius 2 is 2.27 bits per heavy atom. The Morgan fingerprint density at radius 3 is 3.08 bits per heavy atom. The van der Waals surface area contributed by atoms with Crippen LogP contribution in [-0.4, -0.2) is 39.9 Å². The highest BCUT2D eigenvalue weighted by Crippen LogP contribution is 2.23. The van der Waals surface area contributed by atoms with Gasteiger partial charge in [-0.1, -0.05) is 37.6 Å². The van der Waals surface area contributed by atoms with Crippen LogP contribution in [-0.2, 0) is 11.0 Å². The van der Waals surface area contributed by atoms with Crippen LogP contribution >= 0.6 is 11.8 Å². The first-order valence-electron chi connectivity index (χ1n) is 9.57. The molecule has 0 radical (unpaired) electrons. The van der Waals surface area contributed by atoms with E-state index >= 15 is 0 Å². The molecule has 3 rings (SSSR count). The van der Waals surface area contributed by atoms with E-state index in [9.17, 15) is 4.21 Å². The van der Waals surface area contributed by atoms with Crippen LogP contribution in [0.5, 0.6) is 0 Å². The minimum absolute atomic E-state index is 0.256. The van der Waals surface area contributed by atoms with Crippen LogP contribution in [0, 0.1) is 5.92 Å². The summed E-state index contributed by atoms with van der Waals surface area (Å²) in [5.74, 6) is 2.41. The standard InChI is InChI=1S/C20H29N3OS2/c1-2-26(24)23-18-9-3-6-16(7-4-10-18)15-22-19-11-5-8-17(14-19)20-21-12-13-25-20/h3,5,8-9,11,14,16,18,22-23H,2,4,6-7,10,12-13,15H2,1H3/t16-,18?,26?/m0/s1. The van der Waals surface area contributed by atoms with Gasteiger partial charge in [0.05, 0.1) is 16.0 Å². The Balaban J connectivity index is 1.50. The molecule has 4 nitrogen and oxygen atoms in total. The van der Waals surface area contributed by atoms with Crippen molar-refractivity contribution in [2.75, 3.05) is 29.9 Å². The number of hydrogen-bond donors (Lipinski definition) is 2. The molecule has 142 valence electrons. The number of aliphatic imine (C=N–C) groups is 1. The van der Waals surface area contributed by atoms with E-state index in [-0.39, 0.29) is 6.04 Å². The average molecular weight is 392 g/mol. The van der Waals surface area contributed by atoms with Crippen molar-refractivity contribution in [2.45, 2.75) is 38.6 Å². The molecule has 2 aliphatic rings. The Bertz CT molecular complexity index is 675. The molecule has 0 aromatic heterocycles. The van der Waals surface area contributed by atoms with Crippen molar-refractivity contribution in [2.24, 2.45) is 10.9 Å². The van der Waals surface area contributed by atoms with E-state index in [1.165, 1.54) is 29.1 Å². The summed E-state index contributed by atoms with van der Waals surface area (Å²) in [6.45, 7) is 3.88. The predicted octanol–water partition coefficient (Wildman–Crippen LogP) is 3.98. The number of rotatable bonds is 7. The quantitative estimate of drug-likeness (QED) is 0.691. The maximum atomic E-state index is 11.7. The summed E-state index contributed by atoms with van der Waals surface area (Å²) in [7, 11) is -0.904. The Hall–Kier alpha value is -1.11. The number of hydrogen-bond acceptors (Lipinski definition) is 4. The molecule has 6 heteroatoms. The van der Waals surface area contributed by atoms with Crippen molar-refractivity contribution in [3.63, 3.8) is 0 Å². The first kappa shape index (κ1) is 19.6. The molecular weight excluding hydrogens is 362 g/mol. The molecule has 1 aromatic rings. The summed E-state index contributed by atoms with van der Waals surface area (Å²) in [4.78, 5) is 4.57. The Morgan fingerprint density at radius 1 is 1.35 bits per heavy atom. The SMILES string of the molecule is CCS(=O)NC1C=CC[C@H](CNc2cccc(C3=NCCS3)c2)CCC1. The highest BCUT2D eigenvalue weighted by molar-refractivity contribution is 8.14. The zero-order valence-corrected chi connectivity index (χ0v) is 17.1. The lowest BCUT2D eigenvalue weighted by molar-refractivity contribution is 0.458. The van der Waals surface area contributed by atoms with Crippen LogP contribution in [0.15, 0.2) is 41.4 Å². The van der Waals surface area contributed by atoms with E-state index in [2.05, 4.69) is 51.4 Å². The van der Waals surface area contributed by atoms with Gasteiger partial charge >= 0.3 is 0 Å². The van der Waals surface area contributed by atoms with Crippen molar-refractivity contribution in [1.29, 1.82) is 0 Å². The largest absolute Gasteiger partial charge is 0.385 e. The molecule has 0 spiro atoms. The highest BCUT2D eigenvalue weighted by Gasteiger charge is 2.15. The second kappa shape index (κ2) is 10.3. The van der Waals surface area contributed by atoms with Gasteiger partial charge in [0.25, 0.3) is 0 Å². The molecular formula is C20H29N3OS2. The Kier molecular flexibility index (Phi) is 7.77. The van der Waals surface area contributed by atoms with Gasteiger partial charge in [-0.05, 0) is 37.3 Å². The van der Waals surface area contributed by atoms with Crippen molar-refractivity contribution in [3.05, 3.63) is 42.0 Å². The first-order valence-corrected chi connectivity index (χ1v) is 11.9. The third-order valence-corrected chi connectivity index (χ3v) is 6.92. The lowest BCUT2D eigenvalue weighted by Gasteiger charge is -2.22. The molecule has 0 saturated heterocycles. The maximum absolute atomic E-state index is 11.7. The molecule has 1 aromatic carbocycles. The number of benzene rings is 1. The smallest absolute Gasteiger partial charge is 0.0978 e. The van der Waals surface area contributed by atoms with Gasteiger partial charge in [-0.15, -0.1) is 11.8 Å². The van der Waals surface area contributed by atoms with Crippen LogP contribution in [0.1, 0.15) is 38.2 Å². The van der Waals surface area contributed by atoms with Crippen LogP contribution in [0.2, 0.25) is 0 Å². The fraction of sp³-hybridized carbons (Fsp3) is 0.550. The van der Waals surface area contributed by atoms with Crippen LogP contribution < -0.4 is 10.0 Å². The fourth-order valence-corrected chi connectivity index (χ4v) is 4.90. The molecule has 1 aliphatic carbocycles. The van der Waals surface area contributed by atoms with Crippen molar-refractivity contribution in [1.82, 2.24) is 4.72 Å². The predicted molar refractivity (Wildman–Crippen MR) is 115 cm³/mol. The van der Waals surface area contributed by atoms with Gasteiger partial charge in [-0.25, -0.2) is 8.93 Å². The first-order chi connectivity index (χ1) is 12.7. The van der Waals surface area contributed by atoms with Crippen molar-refractivity contribution < 1.29 is 4.21 Å². The third kappa shape index (κ3) is 5.96. The zero-order valence-electron chi connectivity index (χ0n) is 15.4. The molecule has 0 saturated carbocycles. The topological polar surface area (TPSA) is 53.5 Å². The normalized spacial score (nSPS) is 24.6. The van der Waals surface area contributed by atoms with Gasteiger partial charge in [-0.3, -0.25) is 4.99 Å². The average Bonchev–Trinajstić information content (AvgIpc) is 3.18. The molecule has 26 heavy (non-hydrogen) atoms. The molecule has 0 bridgehead atoms. The molecule has 0 amide bonds. The molecule has 0 fully saturated rings. The molecule has 3 atom stereocenters. The number of thioether (sulfide) groups is 1. The number of nitrogens with one attached hydrogen (secondary N) is 2. The summed E-state index contributed by atoms with van der Waals surface area (Å²) >= 11 is 1.85. The number of allylic oxidation sites excluding steroid dienone is 1. The summed E-state index contributed by atoms with van der Waals surface area (Å²) in [6.07, 6.45) is 8.98. The van der Waals surface area contributed by atoms with Crippen LogP contribution in [0.3, 0.4) is 0 Å². The van der Waals surface area contributed by atoms with E-state index in [0.717, 1.165) is 31.7 Å². The minimum Gasteiger partial charge on any atom is -0.385 e. The second-order valence-electron chi connectivity index (χ2n) is 6.82. The van der Waals surface area contributed by atoms with E-state index < -0.39 is 11.0 Å². The van der Waals surface area contributed by atoms with E-state index in [0.29, 0.717) is 11.7 Å². The van der Waals surface area contributed by atoms with Crippen LogP contribution in [0.25, 0.3) is 0 Å². The third-order valence-electron chi connectivity index (χ3n) is 4.80. The lowest BCUT2D eigenvalue weighted by Crippen LogP contribution is -2.31. The molecule has 2 N–H and O–H groups in total. The maximum Gasteiger partial charge on any atom is 0.0978 e. The van der Waals surface area contributed by atoms with Gasteiger partial charge in [0.1, 0.15) is 0 Å². The lowest BCUT2D eigenvalue weighted by atomic mass is 9.93. The highest BCUT2D eigenvalue weighted by atomic mass is 32.2. The monoisotopic (exact) mass is 391 g/mol. The van der Waals surface area contributed by atoms with Gasteiger partial charge in [-0.2, -0.15) is 0 Å². The zero-order chi connectivity index (χ0) is 18.2. The van der Waals surface area contributed by atoms with Crippen molar-refractivity contribution >= 4 is 33.5 Å². The minimum atomic E-state index is -0.904. The Labute approximate surface area is 163 Å². The van der Waals surface area contributed by atoms with Gasteiger partial charge in [0.15, 0.2) is 0 Å². The summed E-state index contributed by atoms with van der Waals surface area (Å²) < 4.78 is 14.9. The van der Waals surface area contributed by atoms with E-state index in [1.807, 2.05) is 18.7 Å². The molecule has 1 heterocycles. The number of anilines is 1. The van der Waals surface area contributed by atoms with Gasteiger partial charge < -0.3 is 5.32 Å². The summed E-state index contributed by atoms with van der Waals surface area (Å²) in [5, 5.41) is 4.79. The number of nitrogens with zero attached hydrogens (tertiary/aromatic N) is 1. The molecule has 1 aliphatic heterocycles. The van der Waals surface area contributed by atoms with E-state index in [1.54, 1.807) is 0 Å². The second-order valence-corrected chi connectivity index (χ2v) is 9.40.